The highest BCUT2D eigenvalue weighted by molar-refractivity contribution is 6.38. The normalized spacial score (nSPS) is 14.0. The van der Waals surface area contributed by atoms with Crippen LogP contribution in [-0.4, -0.2) is 28.1 Å². The fourth-order valence-electron chi connectivity index (χ4n) is 3.52. The van der Waals surface area contributed by atoms with E-state index in [-0.39, 0.29) is 12.3 Å². The first kappa shape index (κ1) is 18.0. The van der Waals surface area contributed by atoms with Crippen molar-refractivity contribution >= 4 is 34.0 Å². The molecule has 28 heavy (non-hydrogen) atoms. The first-order valence-electron chi connectivity index (χ1n) is 9.30. The van der Waals surface area contributed by atoms with Crippen LogP contribution in [0.4, 0.5) is 5.69 Å². The summed E-state index contributed by atoms with van der Waals surface area (Å²) in [6, 6.07) is 17.1. The number of fused-ring (bicyclic) bond motifs is 1. The summed E-state index contributed by atoms with van der Waals surface area (Å²) >= 11 is 0. The van der Waals surface area contributed by atoms with Crippen molar-refractivity contribution in [2.75, 3.05) is 11.9 Å². The molecule has 4 rings (SSSR count). The van der Waals surface area contributed by atoms with E-state index >= 15 is 0 Å². The topological polar surface area (TPSA) is 83.4 Å². The van der Waals surface area contributed by atoms with Gasteiger partial charge in [0.05, 0.1) is 5.57 Å². The van der Waals surface area contributed by atoms with E-state index in [9.17, 15) is 9.59 Å². The zero-order chi connectivity index (χ0) is 19.5. The van der Waals surface area contributed by atoms with Gasteiger partial charge in [0, 0.05) is 41.5 Å². The maximum atomic E-state index is 12.6. The monoisotopic (exact) mass is 375 g/mol. The van der Waals surface area contributed by atoms with Crippen LogP contribution in [-0.2, 0) is 16.1 Å². The molecule has 0 bridgehead atoms. The summed E-state index contributed by atoms with van der Waals surface area (Å²) in [6.07, 6.45) is 3.46. The maximum absolute atomic E-state index is 12.6. The van der Waals surface area contributed by atoms with Gasteiger partial charge < -0.3 is 15.0 Å². The molecule has 2 aromatic carbocycles. The van der Waals surface area contributed by atoms with E-state index in [0.717, 1.165) is 35.1 Å². The Kier molecular flexibility index (Phi) is 4.95. The summed E-state index contributed by atoms with van der Waals surface area (Å²) in [6.45, 7) is 0.880. The molecule has 0 atom stereocenters. The second kappa shape index (κ2) is 7.70. The number of amides is 2. The van der Waals surface area contributed by atoms with E-state index in [1.807, 2.05) is 60.8 Å². The smallest absolute Gasteiger partial charge is 0.275 e. The first-order valence-corrected chi connectivity index (χ1v) is 9.30. The minimum Gasteiger partial charge on any atom is -0.396 e. The van der Waals surface area contributed by atoms with Crippen molar-refractivity contribution in [3.05, 3.63) is 72.1 Å². The van der Waals surface area contributed by atoms with Gasteiger partial charge in [0.25, 0.3) is 11.8 Å². The number of hydrogen-bond donors (Lipinski definition) is 3. The summed E-state index contributed by atoms with van der Waals surface area (Å²) in [5.74, 6) is -0.831. The molecule has 1 aliphatic heterocycles. The molecular weight excluding hydrogens is 354 g/mol. The van der Waals surface area contributed by atoms with Gasteiger partial charge in [-0.3, -0.25) is 14.9 Å². The molecule has 0 saturated carbocycles. The number of hydrogen-bond acceptors (Lipinski definition) is 4. The number of aryl methyl sites for hydroxylation is 1. The molecule has 6 nitrogen and oxygen atoms in total. The number of carbonyl (C=O) groups is 2. The molecule has 2 amide bonds. The van der Waals surface area contributed by atoms with Gasteiger partial charge in [-0.1, -0.05) is 36.4 Å². The zero-order valence-corrected chi connectivity index (χ0v) is 15.3. The number of aliphatic hydroxyl groups excluding tert-OH is 1. The summed E-state index contributed by atoms with van der Waals surface area (Å²) in [7, 11) is 0. The standard InChI is InChI=1S/C22H21N3O3/c26-13-7-6-12-25-14-17(16-10-4-5-11-18(16)25)19-20(22(28)24-21(19)27)23-15-8-2-1-3-9-15/h1-5,8-11,14,26H,6-7,12-13H2,(H2,23,24,27,28). The fraction of sp³-hybridized carbons (Fsp3) is 0.182. The van der Waals surface area contributed by atoms with Gasteiger partial charge in [-0.05, 0) is 31.0 Å². The summed E-state index contributed by atoms with van der Waals surface area (Å²) in [4.78, 5) is 25.1. The third-order valence-corrected chi connectivity index (χ3v) is 4.84. The molecule has 2 heterocycles. The van der Waals surface area contributed by atoms with Crippen LogP contribution in [0.3, 0.4) is 0 Å². The third-order valence-electron chi connectivity index (χ3n) is 4.84. The summed E-state index contributed by atoms with van der Waals surface area (Å²) < 4.78 is 2.07. The molecule has 6 heteroatoms. The van der Waals surface area contributed by atoms with Crippen LogP contribution in [0.1, 0.15) is 18.4 Å². The highest BCUT2D eigenvalue weighted by atomic mass is 16.3. The lowest BCUT2D eigenvalue weighted by atomic mass is 10.0. The Morgan fingerprint density at radius 2 is 1.68 bits per heavy atom. The van der Waals surface area contributed by atoms with Gasteiger partial charge in [-0.25, -0.2) is 0 Å². The second-order valence-corrected chi connectivity index (χ2v) is 6.71. The lowest BCUT2D eigenvalue weighted by molar-refractivity contribution is -0.123. The number of aromatic nitrogens is 1. The lowest BCUT2D eigenvalue weighted by Gasteiger charge is -2.07. The second-order valence-electron chi connectivity index (χ2n) is 6.71. The molecule has 0 unspecified atom stereocenters. The highest BCUT2D eigenvalue weighted by Gasteiger charge is 2.33. The molecule has 0 fully saturated rings. The number of para-hydroxylation sites is 2. The average molecular weight is 375 g/mol. The van der Waals surface area contributed by atoms with Crippen LogP contribution >= 0.6 is 0 Å². The number of carbonyl (C=O) groups excluding carboxylic acids is 2. The Labute approximate surface area is 162 Å². The number of unbranched alkanes of at least 4 members (excludes halogenated alkanes) is 1. The third kappa shape index (κ3) is 3.30. The van der Waals surface area contributed by atoms with Crippen molar-refractivity contribution in [3.63, 3.8) is 0 Å². The first-order chi connectivity index (χ1) is 13.7. The number of nitrogens with one attached hydrogen (secondary N) is 2. The van der Waals surface area contributed by atoms with Crippen molar-refractivity contribution in [1.82, 2.24) is 9.88 Å². The minimum absolute atomic E-state index is 0.152. The molecule has 1 aliphatic rings. The predicted octanol–water partition coefficient (Wildman–Crippen LogP) is 2.89. The van der Waals surface area contributed by atoms with Crippen molar-refractivity contribution in [1.29, 1.82) is 0 Å². The zero-order valence-electron chi connectivity index (χ0n) is 15.3. The largest absolute Gasteiger partial charge is 0.396 e. The van der Waals surface area contributed by atoms with Crippen molar-refractivity contribution in [3.8, 4) is 0 Å². The summed E-state index contributed by atoms with van der Waals surface area (Å²) in [5, 5.41) is 15.5. The Bertz CT molecular complexity index is 1070. The van der Waals surface area contributed by atoms with Crippen LogP contribution < -0.4 is 10.6 Å². The van der Waals surface area contributed by atoms with Gasteiger partial charge in [0.15, 0.2) is 0 Å². The van der Waals surface area contributed by atoms with Crippen LogP contribution in [0, 0.1) is 0 Å². The Balaban J connectivity index is 1.82. The molecule has 142 valence electrons. The molecule has 0 spiro atoms. The van der Waals surface area contributed by atoms with Gasteiger partial charge in [-0.2, -0.15) is 0 Å². The predicted molar refractivity (Wildman–Crippen MR) is 108 cm³/mol. The Morgan fingerprint density at radius 1 is 0.929 bits per heavy atom. The molecule has 3 N–H and O–H groups in total. The molecular formula is C22H21N3O3. The number of nitrogens with zero attached hydrogens (tertiary/aromatic N) is 1. The van der Waals surface area contributed by atoms with Crippen molar-refractivity contribution in [2.24, 2.45) is 0 Å². The number of rotatable bonds is 7. The van der Waals surface area contributed by atoms with Crippen LogP contribution in [0.2, 0.25) is 0 Å². The molecule has 0 aliphatic carbocycles. The summed E-state index contributed by atoms with van der Waals surface area (Å²) in [5.41, 5.74) is 3.07. The average Bonchev–Trinajstić information content (AvgIpc) is 3.20. The SMILES string of the molecule is O=C1NC(=O)C(c2cn(CCCCO)c3ccccc23)=C1Nc1ccccc1. The van der Waals surface area contributed by atoms with E-state index < -0.39 is 11.8 Å². The van der Waals surface area contributed by atoms with E-state index in [2.05, 4.69) is 15.2 Å². The van der Waals surface area contributed by atoms with Crippen molar-refractivity contribution in [2.45, 2.75) is 19.4 Å². The van der Waals surface area contributed by atoms with Gasteiger partial charge >= 0.3 is 0 Å². The lowest BCUT2D eigenvalue weighted by Crippen LogP contribution is -2.24. The highest BCUT2D eigenvalue weighted by Crippen LogP contribution is 2.32. The van der Waals surface area contributed by atoms with Crippen LogP contribution in [0.5, 0.6) is 0 Å². The van der Waals surface area contributed by atoms with Crippen LogP contribution in [0.15, 0.2) is 66.5 Å². The quantitative estimate of drug-likeness (QED) is 0.438. The molecule has 3 aromatic rings. The van der Waals surface area contributed by atoms with Gasteiger partial charge in [0.1, 0.15) is 5.70 Å². The van der Waals surface area contributed by atoms with E-state index in [1.54, 1.807) is 0 Å². The van der Waals surface area contributed by atoms with E-state index in [0.29, 0.717) is 12.0 Å². The molecule has 0 saturated heterocycles. The van der Waals surface area contributed by atoms with Gasteiger partial charge in [0.2, 0.25) is 0 Å². The van der Waals surface area contributed by atoms with E-state index in [1.165, 1.54) is 0 Å². The number of anilines is 1. The van der Waals surface area contributed by atoms with Crippen LogP contribution in [0.25, 0.3) is 16.5 Å². The molecule has 0 radical (unpaired) electrons. The van der Waals surface area contributed by atoms with E-state index in [4.69, 9.17) is 5.11 Å². The number of benzene rings is 2. The Hall–Kier alpha value is -3.38. The maximum Gasteiger partial charge on any atom is 0.275 e. The molecule has 1 aromatic heterocycles. The number of aliphatic hydroxyl groups is 1. The van der Waals surface area contributed by atoms with Crippen molar-refractivity contribution < 1.29 is 14.7 Å². The van der Waals surface area contributed by atoms with Gasteiger partial charge in [-0.15, -0.1) is 0 Å². The minimum atomic E-state index is -0.430. The number of imide groups is 1. The Morgan fingerprint density at radius 3 is 2.46 bits per heavy atom. The fourth-order valence-corrected chi connectivity index (χ4v) is 3.52.